The van der Waals surface area contributed by atoms with E-state index in [-0.39, 0.29) is 0 Å². The molecule has 1 saturated carbocycles. The Morgan fingerprint density at radius 1 is 1.29 bits per heavy atom. The summed E-state index contributed by atoms with van der Waals surface area (Å²) < 4.78 is 11.0. The molecular weight excluding hydrogens is 178 g/mol. The molecule has 0 amide bonds. The lowest BCUT2D eigenvalue weighted by atomic mass is 9.94. The van der Waals surface area contributed by atoms with E-state index in [0.29, 0.717) is 12.1 Å². The summed E-state index contributed by atoms with van der Waals surface area (Å²) in [6.07, 6.45) is 6.01. The van der Waals surface area contributed by atoms with Crippen molar-refractivity contribution in [3.05, 3.63) is 0 Å². The molecule has 2 unspecified atom stereocenters. The fourth-order valence-electron chi connectivity index (χ4n) is 1.89. The Hall–Kier alpha value is -0.120. The second-order valence-electron chi connectivity index (χ2n) is 3.97. The van der Waals surface area contributed by atoms with Gasteiger partial charge in [-0.25, -0.2) is 0 Å². The van der Waals surface area contributed by atoms with Crippen molar-refractivity contribution in [2.45, 2.75) is 51.2 Å². The van der Waals surface area contributed by atoms with E-state index in [1.165, 1.54) is 19.3 Å². The Kier molecular flexibility index (Phi) is 6.15. The van der Waals surface area contributed by atoms with Gasteiger partial charge in [0.05, 0.1) is 6.10 Å². The molecule has 3 nitrogen and oxygen atoms in total. The Bertz CT molecular complexity index is 141. The van der Waals surface area contributed by atoms with E-state index in [0.717, 1.165) is 32.7 Å². The molecule has 0 radical (unpaired) electrons. The second-order valence-corrected chi connectivity index (χ2v) is 3.97. The van der Waals surface area contributed by atoms with Crippen molar-refractivity contribution in [3.63, 3.8) is 0 Å². The molecule has 0 bridgehead atoms. The van der Waals surface area contributed by atoms with Crippen LogP contribution < -0.4 is 5.73 Å². The summed E-state index contributed by atoms with van der Waals surface area (Å²) in [6.45, 7) is 4.45. The van der Waals surface area contributed by atoms with E-state index in [2.05, 4.69) is 0 Å². The van der Waals surface area contributed by atoms with Crippen LogP contribution in [0.4, 0.5) is 0 Å². The summed E-state index contributed by atoms with van der Waals surface area (Å²) in [7, 11) is 0. The van der Waals surface area contributed by atoms with Crippen LogP contribution in [0.5, 0.6) is 0 Å². The largest absolute Gasteiger partial charge is 0.382 e. The van der Waals surface area contributed by atoms with Gasteiger partial charge in [0, 0.05) is 25.9 Å². The molecule has 0 aromatic heterocycles. The first kappa shape index (κ1) is 12.0. The van der Waals surface area contributed by atoms with Gasteiger partial charge in [0.25, 0.3) is 0 Å². The first-order valence-electron chi connectivity index (χ1n) is 5.78. The maximum atomic E-state index is 5.87. The summed E-state index contributed by atoms with van der Waals surface area (Å²) in [5, 5.41) is 0. The van der Waals surface area contributed by atoms with Crippen LogP contribution in [0.15, 0.2) is 0 Å². The average Bonchev–Trinajstić information content (AvgIpc) is 2.18. The van der Waals surface area contributed by atoms with E-state index in [1.807, 2.05) is 6.92 Å². The zero-order valence-corrected chi connectivity index (χ0v) is 9.21. The van der Waals surface area contributed by atoms with Crippen LogP contribution >= 0.6 is 0 Å². The van der Waals surface area contributed by atoms with Gasteiger partial charge in [-0.05, 0) is 39.0 Å². The second kappa shape index (κ2) is 7.21. The van der Waals surface area contributed by atoms with E-state index < -0.39 is 0 Å². The van der Waals surface area contributed by atoms with Crippen LogP contribution in [0.1, 0.15) is 39.0 Å². The van der Waals surface area contributed by atoms with Gasteiger partial charge in [0.2, 0.25) is 0 Å². The molecular formula is C11H23NO2. The van der Waals surface area contributed by atoms with Gasteiger partial charge in [0.15, 0.2) is 0 Å². The minimum Gasteiger partial charge on any atom is -0.382 e. The van der Waals surface area contributed by atoms with Crippen LogP contribution in [-0.2, 0) is 9.47 Å². The van der Waals surface area contributed by atoms with Gasteiger partial charge in [0.1, 0.15) is 0 Å². The highest BCUT2D eigenvalue weighted by atomic mass is 16.5. The van der Waals surface area contributed by atoms with Crippen molar-refractivity contribution in [3.8, 4) is 0 Å². The first-order valence-corrected chi connectivity index (χ1v) is 5.78. The summed E-state index contributed by atoms with van der Waals surface area (Å²) in [4.78, 5) is 0. The van der Waals surface area contributed by atoms with Gasteiger partial charge >= 0.3 is 0 Å². The van der Waals surface area contributed by atoms with Crippen LogP contribution in [0.2, 0.25) is 0 Å². The van der Waals surface area contributed by atoms with Gasteiger partial charge < -0.3 is 15.2 Å². The molecule has 0 aromatic rings. The maximum absolute atomic E-state index is 5.87. The lowest BCUT2D eigenvalue weighted by molar-refractivity contribution is 0.0111. The normalized spacial score (nSPS) is 27.9. The molecule has 2 N–H and O–H groups in total. The fourth-order valence-corrected chi connectivity index (χ4v) is 1.89. The van der Waals surface area contributed by atoms with Crippen molar-refractivity contribution in [1.29, 1.82) is 0 Å². The number of hydrogen-bond acceptors (Lipinski definition) is 3. The molecule has 84 valence electrons. The number of ether oxygens (including phenoxy) is 2. The molecule has 14 heavy (non-hydrogen) atoms. The molecule has 1 rings (SSSR count). The molecule has 0 aromatic carbocycles. The van der Waals surface area contributed by atoms with E-state index >= 15 is 0 Å². The van der Waals surface area contributed by atoms with Crippen LogP contribution in [0.3, 0.4) is 0 Å². The Labute approximate surface area is 86.9 Å². The Morgan fingerprint density at radius 2 is 2.14 bits per heavy atom. The molecule has 2 atom stereocenters. The Morgan fingerprint density at radius 3 is 2.86 bits per heavy atom. The number of nitrogens with two attached hydrogens (primary N) is 1. The summed E-state index contributed by atoms with van der Waals surface area (Å²) in [6, 6.07) is 0.362. The maximum Gasteiger partial charge on any atom is 0.0589 e. The summed E-state index contributed by atoms with van der Waals surface area (Å²) >= 11 is 0. The van der Waals surface area contributed by atoms with E-state index in [9.17, 15) is 0 Å². The summed E-state index contributed by atoms with van der Waals surface area (Å²) in [5.74, 6) is 0. The van der Waals surface area contributed by atoms with Crippen molar-refractivity contribution in [2.75, 3.05) is 19.8 Å². The average molecular weight is 201 g/mol. The zero-order chi connectivity index (χ0) is 10.2. The third kappa shape index (κ3) is 4.94. The van der Waals surface area contributed by atoms with Crippen LogP contribution in [-0.4, -0.2) is 32.0 Å². The third-order valence-corrected chi connectivity index (χ3v) is 2.66. The monoisotopic (exact) mass is 201 g/mol. The van der Waals surface area contributed by atoms with Gasteiger partial charge in [-0.1, -0.05) is 0 Å². The van der Waals surface area contributed by atoms with Crippen LogP contribution in [0.25, 0.3) is 0 Å². The van der Waals surface area contributed by atoms with Gasteiger partial charge in [-0.15, -0.1) is 0 Å². The molecule has 1 fully saturated rings. The predicted octanol–water partition coefficient (Wildman–Crippen LogP) is 1.70. The third-order valence-electron chi connectivity index (χ3n) is 2.66. The fraction of sp³-hybridized carbons (Fsp3) is 1.00. The topological polar surface area (TPSA) is 44.5 Å². The SMILES string of the molecule is CCOCCCOC1CCCC(N)C1. The molecule has 3 heteroatoms. The predicted molar refractivity (Wildman–Crippen MR) is 57.3 cm³/mol. The van der Waals surface area contributed by atoms with Crippen molar-refractivity contribution < 1.29 is 9.47 Å². The number of hydrogen-bond donors (Lipinski definition) is 1. The van der Waals surface area contributed by atoms with Crippen LogP contribution in [0, 0.1) is 0 Å². The molecule has 0 aliphatic heterocycles. The van der Waals surface area contributed by atoms with Gasteiger partial charge in [-0.3, -0.25) is 0 Å². The number of rotatable bonds is 6. The summed E-state index contributed by atoms with van der Waals surface area (Å²) in [5.41, 5.74) is 5.87. The van der Waals surface area contributed by atoms with Gasteiger partial charge in [-0.2, -0.15) is 0 Å². The van der Waals surface area contributed by atoms with Crippen molar-refractivity contribution in [1.82, 2.24) is 0 Å². The quantitative estimate of drug-likeness (QED) is 0.665. The standard InChI is InChI=1S/C11H23NO2/c1-2-13-7-4-8-14-11-6-3-5-10(12)9-11/h10-11H,2-9,12H2,1H3. The lowest BCUT2D eigenvalue weighted by Gasteiger charge is -2.26. The molecule has 1 aliphatic carbocycles. The highest BCUT2D eigenvalue weighted by Crippen LogP contribution is 2.19. The smallest absolute Gasteiger partial charge is 0.0589 e. The van der Waals surface area contributed by atoms with Crippen molar-refractivity contribution >= 4 is 0 Å². The minimum atomic E-state index is 0.362. The van der Waals surface area contributed by atoms with Crippen molar-refractivity contribution in [2.24, 2.45) is 5.73 Å². The highest BCUT2D eigenvalue weighted by molar-refractivity contribution is 4.75. The van der Waals surface area contributed by atoms with E-state index in [4.69, 9.17) is 15.2 Å². The minimum absolute atomic E-state index is 0.362. The highest BCUT2D eigenvalue weighted by Gasteiger charge is 2.19. The van der Waals surface area contributed by atoms with E-state index in [1.54, 1.807) is 0 Å². The zero-order valence-electron chi connectivity index (χ0n) is 9.21. The molecule has 0 heterocycles. The Balaban J connectivity index is 1.95. The molecule has 0 spiro atoms. The molecule has 1 aliphatic rings. The lowest BCUT2D eigenvalue weighted by Crippen LogP contribution is -2.32. The first-order chi connectivity index (χ1) is 6.83. The molecule has 0 saturated heterocycles.